The molecule has 0 saturated heterocycles. The van der Waals surface area contributed by atoms with E-state index in [9.17, 15) is 24.6 Å². The Morgan fingerprint density at radius 1 is 0.936 bits per heavy atom. The molecule has 0 spiro atoms. The van der Waals surface area contributed by atoms with Crippen molar-refractivity contribution in [1.29, 1.82) is 0 Å². The number of para-hydroxylation sites is 1. The molecule has 1 aliphatic rings. The number of hydrogen-bond acceptors (Lipinski definition) is 6. The summed E-state index contributed by atoms with van der Waals surface area (Å²) < 4.78 is 1.34. The summed E-state index contributed by atoms with van der Waals surface area (Å²) in [6, 6.07) is 31.3. The van der Waals surface area contributed by atoms with E-state index < -0.39 is 17.4 Å². The molecule has 0 fully saturated rings. The van der Waals surface area contributed by atoms with Crippen LogP contribution in [0.15, 0.2) is 126 Å². The van der Waals surface area contributed by atoms with Gasteiger partial charge in [-0.3, -0.25) is 14.4 Å². The molecule has 2 N–H and O–H groups in total. The lowest BCUT2D eigenvalue weighted by atomic mass is 9.83. The van der Waals surface area contributed by atoms with E-state index in [0.29, 0.717) is 28.9 Å². The van der Waals surface area contributed by atoms with E-state index in [0.717, 1.165) is 16.5 Å². The Morgan fingerprint density at radius 3 is 2.47 bits per heavy atom. The molecule has 2 atom stereocenters. The van der Waals surface area contributed by atoms with Crippen LogP contribution in [-0.2, 0) is 28.3 Å². The van der Waals surface area contributed by atoms with Crippen LogP contribution in [0.25, 0.3) is 16.5 Å². The number of nitrogens with zero attached hydrogens (tertiary/aromatic N) is 4. The Morgan fingerprint density at radius 2 is 1.66 bits per heavy atom. The number of aromatic nitrogens is 2. The van der Waals surface area contributed by atoms with Crippen molar-refractivity contribution in [1.82, 2.24) is 14.7 Å². The molecule has 9 nitrogen and oxygen atoms in total. The fourth-order valence-electron chi connectivity index (χ4n) is 6.16. The highest BCUT2D eigenvalue weighted by Gasteiger charge is 2.52. The van der Waals surface area contributed by atoms with E-state index in [1.165, 1.54) is 4.68 Å². The molecule has 4 aromatic carbocycles. The van der Waals surface area contributed by atoms with Gasteiger partial charge in [-0.2, -0.15) is 9.78 Å². The van der Waals surface area contributed by atoms with Gasteiger partial charge >= 0.3 is 0 Å². The zero-order valence-corrected chi connectivity index (χ0v) is 26.1. The Bertz CT molecular complexity index is 2010. The van der Waals surface area contributed by atoms with Crippen molar-refractivity contribution in [3.05, 3.63) is 149 Å². The van der Waals surface area contributed by atoms with Crippen LogP contribution in [0.1, 0.15) is 30.0 Å². The van der Waals surface area contributed by atoms with Gasteiger partial charge in [-0.15, -0.1) is 0 Å². The number of anilines is 1. The third kappa shape index (κ3) is 6.23. The average molecular weight is 629 g/mol. The molecular formula is C38H36N4O5. The van der Waals surface area contributed by atoms with Crippen molar-refractivity contribution < 1.29 is 19.8 Å². The molecule has 5 aromatic rings. The van der Waals surface area contributed by atoms with Crippen LogP contribution in [0.5, 0.6) is 0 Å². The predicted molar refractivity (Wildman–Crippen MR) is 181 cm³/mol. The average Bonchev–Trinajstić information content (AvgIpc) is 3.31. The maximum absolute atomic E-state index is 14.1. The minimum absolute atomic E-state index is 0.0573. The highest BCUT2D eigenvalue weighted by Crippen LogP contribution is 2.45. The topological polar surface area (TPSA) is 116 Å². The Hall–Kier alpha value is -5.38. The number of fused-ring (bicyclic) bond motifs is 2. The number of aliphatic hydroxyl groups excluding tert-OH is 1. The molecule has 238 valence electrons. The molecule has 2 heterocycles. The van der Waals surface area contributed by atoms with E-state index in [2.05, 4.69) is 5.10 Å². The third-order valence-electron chi connectivity index (χ3n) is 8.68. The minimum Gasteiger partial charge on any atom is -0.395 e. The second-order valence-corrected chi connectivity index (χ2v) is 11.7. The van der Waals surface area contributed by atoms with Gasteiger partial charge in [-0.25, -0.2) is 0 Å². The van der Waals surface area contributed by atoms with Gasteiger partial charge in [0, 0.05) is 36.4 Å². The number of hydrogen-bond donors (Lipinski definition) is 2. The molecule has 1 aromatic heterocycles. The summed E-state index contributed by atoms with van der Waals surface area (Å²) in [7, 11) is 0. The van der Waals surface area contributed by atoms with Gasteiger partial charge in [-0.1, -0.05) is 97.9 Å². The fourth-order valence-corrected chi connectivity index (χ4v) is 6.16. The van der Waals surface area contributed by atoms with Crippen LogP contribution < -0.4 is 10.5 Å². The SMILES string of the molecule is C[C@@H](/C=C/CC(=O)N(CCO)Cc1ccccc1)[C@]1(O)C(=O)N(Cc2cccc(-n3ncc4ccccc4c3=O)c2)c2ccccc21. The summed E-state index contributed by atoms with van der Waals surface area (Å²) in [6.07, 6.45) is 5.09. The summed E-state index contributed by atoms with van der Waals surface area (Å²) in [6.45, 7) is 2.35. The summed E-state index contributed by atoms with van der Waals surface area (Å²) in [5.74, 6) is -1.29. The maximum Gasteiger partial charge on any atom is 0.279 e. The largest absolute Gasteiger partial charge is 0.395 e. The van der Waals surface area contributed by atoms with Crippen molar-refractivity contribution in [3.63, 3.8) is 0 Å². The molecule has 0 saturated carbocycles. The smallest absolute Gasteiger partial charge is 0.279 e. The Balaban J connectivity index is 1.21. The summed E-state index contributed by atoms with van der Waals surface area (Å²) in [5, 5.41) is 27.2. The molecule has 0 aliphatic carbocycles. The van der Waals surface area contributed by atoms with Crippen molar-refractivity contribution >= 4 is 28.3 Å². The van der Waals surface area contributed by atoms with Crippen LogP contribution >= 0.6 is 0 Å². The number of amides is 2. The molecule has 0 unspecified atom stereocenters. The van der Waals surface area contributed by atoms with Gasteiger partial charge in [0.25, 0.3) is 11.5 Å². The Labute approximate surface area is 272 Å². The molecule has 1 aliphatic heterocycles. The first-order valence-corrected chi connectivity index (χ1v) is 15.6. The van der Waals surface area contributed by atoms with Crippen LogP contribution in [-0.4, -0.2) is 49.9 Å². The van der Waals surface area contributed by atoms with Gasteiger partial charge in [0.1, 0.15) is 0 Å². The highest BCUT2D eigenvalue weighted by atomic mass is 16.3. The summed E-state index contributed by atoms with van der Waals surface area (Å²) in [5.41, 5.74) is 1.28. The molecule has 0 bridgehead atoms. The number of carbonyl (C=O) groups excluding carboxylic acids is 2. The van der Waals surface area contributed by atoms with Gasteiger partial charge in [0.05, 0.1) is 36.1 Å². The van der Waals surface area contributed by atoms with Crippen molar-refractivity contribution in [3.8, 4) is 5.69 Å². The van der Waals surface area contributed by atoms with Crippen LogP contribution in [0, 0.1) is 5.92 Å². The molecule has 0 radical (unpaired) electrons. The normalized spacial score (nSPS) is 16.5. The fraction of sp³-hybridized carbons (Fsp3) is 0.211. The van der Waals surface area contributed by atoms with Crippen LogP contribution in [0.2, 0.25) is 0 Å². The van der Waals surface area contributed by atoms with E-state index in [4.69, 9.17) is 0 Å². The number of carbonyl (C=O) groups is 2. The van der Waals surface area contributed by atoms with E-state index in [-0.39, 0.29) is 37.6 Å². The molecule has 6 rings (SSSR count). The van der Waals surface area contributed by atoms with E-state index in [1.807, 2.05) is 72.8 Å². The maximum atomic E-state index is 14.1. The van der Waals surface area contributed by atoms with Crippen LogP contribution in [0.3, 0.4) is 0 Å². The second-order valence-electron chi connectivity index (χ2n) is 11.7. The minimum atomic E-state index is -1.85. The van der Waals surface area contributed by atoms with E-state index in [1.54, 1.807) is 65.4 Å². The lowest BCUT2D eigenvalue weighted by Gasteiger charge is -2.28. The quantitative estimate of drug-likeness (QED) is 0.205. The van der Waals surface area contributed by atoms with Gasteiger partial charge in [-0.05, 0) is 35.4 Å². The molecular weight excluding hydrogens is 592 g/mol. The summed E-state index contributed by atoms with van der Waals surface area (Å²) in [4.78, 5) is 43.5. The Kier molecular flexibility index (Phi) is 9.10. The van der Waals surface area contributed by atoms with Crippen molar-refractivity contribution in [2.24, 2.45) is 5.92 Å². The van der Waals surface area contributed by atoms with Crippen molar-refractivity contribution in [2.45, 2.75) is 32.0 Å². The number of rotatable bonds is 11. The molecule has 47 heavy (non-hydrogen) atoms. The van der Waals surface area contributed by atoms with Gasteiger partial charge in [0.2, 0.25) is 5.91 Å². The standard InChI is InChI=1S/C38H36N4O5/c1-27(11-9-20-35(44)40(21-22-43)25-28-12-3-2-4-13-28)38(47)33-18-7-8-19-34(33)41(37(38)46)26-29-14-10-16-31(23-29)42-36(45)32-17-6-5-15-30(32)24-39-42/h2-19,23-24,27,43,47H,20-22,25-26H2,1H3/b11-9+/t27-,38+/m0/s1. The van der Waals surface area contributed by atoms with Crippen molar-refractivity contribution in [2.75, 3.05) is 18.1 Å². The monoisotopic (exact) mass is 628 g/mol. The first-order valence-electron chi connectivity index (χ1n) is 15.6. The first-order chi connectivity index (χ1) is 22.8. The molecule has 2 amide bonds. The highest BCUT2D eigenvalue weighted by molar-refractivity contribution is 6.07. The lowest BCUT2D eigenvalue weighted by Crippen LogP contribution is -2.44. The zero-order chi connectivity index (χ0) is 33.0. The predicted octanol–water partition coefficient (Wildman–Crippen LogP) is 4.72. The van der Waals surface area contributed by atoms with Gasteiger partial charge < -0.3 is 20.0 Å². The van der Waals surface area contributed by atoms with E-state index >= 15 is 0 Å². The number of aliphatic hydroxyl groups is 2. The lowest BCUT2D eigenvalue weighted by molar-refractivity contribution is -0.139. The van der Waals surface area contributed by atoms with Crippen LogP contribution in [0.4, 0.5) is 5.69 Å². The summed E-state index contributed by atoms with van der Waals surface area (Å²) >= 11 is 0. The first kappa shape index (κ1) is 31.6. The van der Waals surface area contributed by atoms with Gasteiger partial charge in [0.15, 0.2) is 5.60 Å². The third-order valence-corrected chi connectivity index (χ3v) is 8.68. The second kappa shape index (κ2) is 13.5. The number of benzene rings is 4. The zero-order valence-electron chi connectivity index (χ0n) is 26.1. The molecule has 9 heteroatoms.